The molecule has 1 fully saturated rings. The lowest BCUT2D eigenvalue weighted by molar-refractivity contribution is 0.587. The van der Waals surface area contributed by atoms with Gasteiger partial charge in [-0.25, -0.2) is 15.8 Å². The van der Waals surface area contributed by atoms with E-state index >= 15 is 0 Å². The molecular formula is C14H20N4S. The van der Waals surface area contributed by atoms with Gasteiger partial charge in [0, 0.05) is 10.8 Å². The summed E-state index contributed by atoms with van der Waals surface area (Å²) < 4.78 is 0. The molecule has 1 saturated carbocycles. The first kappa shape index (κ1) is 12.8. The molecule has 0 bridgehead atoms. The average molecular weight is 276 g/mol. The number of fused-ring (bicyclic) bond motifs is 1. The van der Waals surface area contributed by atoms with E-state index in [0.29, 0.717) is 5.92 Å². The number of nitrogens with one attached hydrogen (secondary N) is 1. The lowest BCUT2D eigenvalue weighted by atomic mass is 10.1. The van der Waals surface area contributed by atoms with Crippen molar-refractivity contribution in [3.05, 3.63) is 16.8 Å². The lowest BCUT2D eigenvalue weighted by Crippen LogP contribution is -2.11. The second-order valence-corrected chi connectivity index (χ2v) is 6.59. The minimum Gasteiger partial charge on any atom is -0.308 e. The Morgan fingerprint density at radius 3 is 2.89 bits per heavy atom. The quantitative estimate of drug-likeness (QED) is 0.666. The molecular weight excluding hydrogens is 256 g/mol. The Bertz CT molecular complexity index is 592. The van der Waals surface area contributed by atoms with Crippen LogP contribution in [0.15, 0.2) is 6.07 Å². The van der Waals surface area contributed by atoms with Crippen LogP contribution in [-0.4, -0.2) is 9.97 Å². The van der Waals surface area contributed by atoms with E-state index in [-0.39, 0.29) is 0 Å². The second-order valence-electron chi connectivity index (χ2n) is 5.47. The first-order chi connectivity index (χ1) is 9.21. The third-order valence-corrected chi connectivity index (χ3v) is 5.18. The van der Waals surface area contributed by atoms with Crippen molar-refractivity contribution in [3.63, 3.8) is 0 Å². The molecule has 0 spiro atoms. The highest BCUT2D eigenvalue weighted by atomic mass is 32.1. The molecule has 0 saturated heterocycles. The number of thiophene rings is 1. The van der Waals surface area contributed by atoms with E-state index < -0.39 is 0 Å². The topological polar surface area (TPSA) is 63.8 Å². The molecule has 0 aromatic carbocycles. The maximum atomic E-state index is 5.63. The number of nitrogens with two attached hydrogens (primary N) is 1. The summed E-state index contributed by atoms with van der Waals surface area (Å²) in [5.41, 5.74) is 2.74. The third-order valence-electron chi connectivity index (χ3n) is 4.01. The van der Waals surface area contributed by atoms with Gasteiger partial charge in [0.2, 0.25) is 0 Å². The highest BCUT2D eigenvalue weighted by molar-refractivity contribution is 7.18. The van der Waals surface area contributed by atoms with Crippen LogP contribution in [0, 0.1) is 5.92 Å². The zero-order valence-electron chi connectivity index (χ0n) is 11.4. The number of nitrogens with zero attached hydrogens (tertiary/aromatic N) is 2. The zero-order chi connectivity index (χ0) is 13.4. The van der Waals surface area contributed by atoms with Gasteiger partial charge in [-0.15, -0.1) is 11.3 Å². The fourth-order valence-electron chi connectivity index (χ4n) is 2.90. The smallest absolute Gasteiger partial charge is 0.152 e. The van der Waals surface area contributed by atoms with Crippen molar-refractivity contribution < 1.29 is 0 Å². The Kier molecular flexibility index (Phi) is 3.41. The summed E-state index contributed by atoms with van der Waals surface area (Å²) in [5.74, 6) is 8.65. The van der Waals surface area contributed by atoms with Crippen LogP contribution in [0.3, 0.4) is 0 Å². The molecule has 2 aromatic heterocycles. The van der Waals surface area contributed by atoms with Gasteiger partial charge in [0.25, 0.3) is 0 Å². The van der Waals surface area contributed by atoms with Gasteiger partial charge in [-0.2, -0.15) is 0 Å². The molecule has 0 aliphatic heterocycles. The van der Waals surface area contributed by atoms with E-state index in [0.717, 1.165) is 34.2 Å². The molecule has 0 radical (unpaired) electrons. The van der Waals surface area contributed by atoms with Crippen molar-refractivity contribution in [2.24, 2.45) is 11.8 Å². The second kappa shape index (κ2) is 5.06. The number of nitrogen functional groups attached to an aromatic ring is 1. The van der Waals surface area contributed by atoms with Crippen molar-refractivity contribution in [2.75, 3.05) is 5.43 Å². The molecule has 4 nitrogen and oxygen atoms in total. The van der Waals surface area contributed by atoms with Gasteiger partial charge in [-0.1, -0.05) is 13.8 Å². The van der Waals surface area contributed by atoms with Gasteiger partial charge in [-0.3, -0.25) is 0 Å². The monoisotopic (exact) mass is 276 g/mol. The maximum absolute atomic E-state index is 5.63. The van der Waals surface area contributed by atoms with Gasteiger partial charge in [0.15, 0.2) is 5.82 Å². The Balaban J connectivity index is 2.06. The normalized spacial score (nSPS) is 23.1. The van der Waals surface area contributed by atoms with Crippen LogP contribution in [0.4, 0.5) is 5.82 Å². The minimum atomic E-state index is 0.499. The molecule has 2 unspecified atom stereocenters. The summed E-state index contributed by atoms with van der Waals surface area (Å²) in [5, 5.41) is 1.05. The Labute approximate surface area is 117 Å². The molecule has 2 atom stereocenters. The Hall–Kier alpha value is -1.20. The molecule has 1 aliphatic carbocycles. The molecule has 19 heavy (non-hydrogen) atoms. The summed E-state index contributed by atoms with van der Waals surface area (Å²) in [6, 6.07) is 2.15. The van der Waals surface area contributed by atoms with Crippen LogP contribution >= 0.6 is 11.3 Å². The number of aryl methyl sites for hydroxylation is 1. The van der Waals surface area contributed by atoms with Crippen LogP contribution < -0.4 is 11.3 Å². The van der Waals surface area contributed by atoms with E-state index in [9.17, 15) is 0 Å². The zero-order valence-corrected chi connectivity index (χ0v) is 12.3. The summed E-state index contributed by atoms with van der Waals surface area (Å²) in [6.45, 7) is 4.47. The Morgan fingerprint density at radius 2 is 2.26 bits per heavy atom. The van der Waals surface area contributed by atoms with Crippen molar-refractivity contribution in [1.29, 1.82) is 0 Å². The van der Waals surface area contributed by atoms with Crippen molar-refractivity contribution in [3.8, 4) is 0 Å². The van der Waals surface area contributed by atoms with Crippen LogP contribution in [0.2, 0.25) is 0 Å². The summed E-state index contributed by atoms with van der Waals surface area (Å²) in [4.78, 5) is 11.8. The molecule has 3 rings (SSSR count). The summed E-state index contributed by atoms with van der Waals surface area (Å²) in [7, 11) is 0. The number of anilines is 1. The van der Waals surface area contributed by atoms with E-state index in [1.54, 1.807) is 11.3 Å². The number of aromatic nitrogens is 2. The van der Waals surface area contributed by atoms with Gasteiger partial charge in [0.1, 0.15) is 10.7 Å². The summed E-state index contributed by atoms with van der Waals surface area (Å²) in [6.07, 6.45) is 4.70. The van der Waals surface area contributed by atoms with Crippen LogP contribution in [0.25, 0.3) is 10.2 Å². The molecule has 0 amide bonds. The predicted molar refractivity (Wildman–Crippen MR) is 80.4 cm³/mol. The third kappa shape index (κ3) is 2.32. The minimum absolute atomic E-state index is 0.499. The first-order valence-corrected chi connectivity index (χ1v) is 7.79. The number of rotatable bonds is 3. The molecule has 102 valence electrons. The highest BCUT2D eigenvalue weighted by Gasteiger charge is 2.26. The van der Waals surface area contributed by atoms with Crippen LogP contribution in [0.1, 0.15) is 49.7 Å². The number of hydrazine groups is 1. The van der Waals surface area contributed by atoms with Gasteiger partial charge >= 0.3 is 0 Å². The largest absolute Gasteiger partial charge is 0.308 e. The lowest BCUT2D eigenvalue weighted by Gasteiger charge is -2.10. The fraction of sp³-hybridized carbons (Fsp3) is 0.571. The maximum Gasteiger partial charge on any atom is 0.152 e. The van der Waals surface area contributed by atoms with E-state index in [1.165, 1.54) is 24.1 Å². The van der Waals surface area contributed by atoms with E-state index in [1.807, 2.05) is 0 Å². The molecule has 5 heteroatoms. The van der Waals surface area contributed by atoms with Crippen molar-refractivity contribution in [2.45, 2.75) is 45.4 Å². The first-order valence-electron chi connectivity index (χ1n) is 6.98. The van der Waals surface area contributed by atoms with Gasteiger partial charge in [-0.05, 0) is 37.7 Å². The molecule has 2 heterocycles. The van der Waals surface area contributed by atoms with Gasteiger partial charge < -0.3 is 5.43 Å². The van der Waals surface area contributed by atoms with Crippen molar-refractivity contribution in [1.82, 2.24) is 9.97 Å². The standard InChI is InChI=1S/C14H20N4S/c1-3-10-7-11-13(18-15)16-12(17-14(11)19-10)9-5-4-8(2)6-9/h7-9H,3-6,15H2,1-2H3,(H,16,17,18). The van der Waals surface area contributed by atoms with E-state index in [4.69, 9.17) is 10.8 Å². The van der Waals surface area contributed by atoms with Gasteiger partial charge in [0.05, 0.1) is 5.39 Å². The Morgan fingerprint density at radius 1 is 1.42 bits per heavy atom. The highest BCUT2D eigenvalue weighted by Crippen LogP contribution is 2.38. The van der Waals surface area contributed by atoms with Crippen LogP contribution in [0.5, 0.6) is 0 Å². The average Bonchev–Trinajstić information content (AvgIpc) is 3.02. The van der Waals surface area contributed by atoms with E-state index in [2.05, 4.69) is 30.3 Å². The molecule has 2 aromatic rings. The van der Waals surface area contributed by atoms with Crippen LogP contribution in [-0.2, 0) is 6.42 Å². The SMILES string of the molecule is CCc1cc2c(NN)nc(C3CCC(C)C3)nc2s1. The predicted octanol–water partition coefficient (Wildman–Crippen LogP) is 3.44. The molecule has 3 N–H and O–H groups in total. The molecule has 1 aliphatic rings. The summed E-state index contributed by atoms with van der Waals surface area (Å²) >= 11 is 1.75. The number of hydrogen-bond acceptors (Lipinski definition) is 5. The number of hydrogen-bond donors (Lipinski definition) is 2. The fourth-order valence-corrected chi connectivity index (χ4v) is 3.87. The van der Waals surface area contributed by atoms with Crippen molar-refractivity contribution >= 4 is 27.4 Å².